The molecule has 2 atom stereocenters. The highest BCUT2D eigenvalue weighted by molar-refractivity contribution is 5.79. The predicted molar refractivity (Wildman–Crippen MR) is 99.1 cm³/mol. The van der Waals surface area contributed by atoms with Gasteiger partial charge in [-0.25, -0.2) is 4.79 Å². The molecule has 3 rings (SSSR count). The summed E-state index contributed by atoms with van der Waals surface area (Å²) < 4.78 is 5.45. The van der Waals surface area contributed by atoms with Crippen LogP contribution in [-0.4, -0.2) is 29.8 Å². The van der Waals surface area contributed by atoms with E-state index in [4.69, 9.17) is 9.84 Å². The van der Waals surface area contributed by atoms with Crippen LogP contribution in [0.4, 0.5) is 4.79 Å². The van der Waals surface area contributed by atoms with E-state index in [0.29, 0.717) is 6.42 Å². The maximum Gasteiger partial charge on any atom is 0.407 e. The van der Waals surface area contributed by atoms with Crippen molar-refractivity contribution in [3.8, 4) is 11.1 Å². The lowest BCUT2D eigenvalue weighted by Crippen LogP contribution is -2.35. The Kier molecular flexibility index (Phi) is 5.26. The summed E-state index contributed by atoms with van der Waals surface area (Å²) in [5.74, 6) is -1.37. The van der Waals surface area contributed by atoms with Gasteiger partial charge in [-0.1, -0.05) is 55.5 Å². The predicted octanol–water partition coefficient (Wildman–Crippen LogP) is 4.02. The molecule has 136 valence electrons. The van der Waals surface area contributed by atoms with Gasteiger partial charge in [0, 0.05) is 12.0 Å². The van der Waals surface area contributed by atoms with Gasteiger partial charge in [0.2, 0.25) is 0 Å². The zero-order chi connectivity index (χ0) is 18.7. The fourth-order valence-electron chi connectivity index (χ4n) is 3.53. The van der Waals surface area contributed by atoms with E-state index in [2.05, 4.69) is 29.6 Å². The average Bonchev–Trinajstić information content (AvgIpc) is 2.93. The van der Waals surface area contributed by atoms with Crippen molar-refractivity contribution >= 4 is 12.1 Å². The second kappa shape index (κ2) is 7.60. The standard InChI is InChI=1S/C21H23NO4/c1-13(20(23)24)11-14(2)22-21(25)26-12-19-17-9-5-3-7-15(17)16-8-4-6-10-18(16)19/h3-10,13-14,19H,11-12H2,1-2H3,(H,22,25)(H,23,24)/t13-,14?/m1/s1. The minimum absolute atomic E-state index is 0.0152. The largest absolute Gasteiger partial charge is 0.481 e. The fraction of sp³-hybridized carbons (Fsp3) is 0.333. The van der Waals surface area contributed by atoms with E-state index in [9.17, 15) is 9.59 Å². The second-order valence-corrected chi connectivity index (χ2v) is 6.85. The molecule has 2 aromatic carbocycles. The lowest BCUT2D eigenvalue weighted by atomic mass is 9.98. The summed E-state index contributed by atoms with van der Waals surface area (Å²) in [6, 6.07) is 16.1. The number of ether oxygens (including phenoxy) is 1. The fourth-order valence-corrected chi connectivity index (χ4v) is 3.53. The number of hydrogen-bond donors (Lipinski definition) is 2. The number of fused-ring (bicyclic) bond motifs is 3. The van der Waals surface area contributed by atoms with Gasteiger partial charge in [-0.15, -0.1) is 0 Å². The van der Waals surface area contributed by atoms with Crippen molar-refractivity contribution in [1.82, 2.24) is 5.32 Å². The molecule has 26 heavy (non-hydrogen) atoms. The monoisotopic (exact) mass is 353 g/mol. The molecule has 5 heteroatoms. The number of carboxylic acid groups (broad SMARTS) is 1. The minimum Gasteiger partial charge on any atom is -0.481 e. The van der Waals surface area contributed by atoms with Gasteiger partial charge in [0.25, 0.3) is 0 Å². The summed E-state index contributed by atoms with van der Waals surface area (Å²) in [5, 5.41) is 11.7. The summed E-state index contributed by atoms with van der Waals surface area (Å²) in [6.45, 7) is 3.65. The van der Waals surface area contributed by atoms with Crippen LogP contribution in [-0.2, 0) is 9.53 Å². The molecule has 2 N–H and O–H groups in total. The molecule has 0 bridgehead atoms. The highest BCUT2D eigenvalue weighted by Gasteiger charge is 2.29. The van der Waals surface area contributed by atoms with Crippen molar-refractivity contribution in [2.75, 3.05) is 6.61 Å². The molecule has 1 aliphatic carbocycles. The lowest BCUT2D eigenvalue weighted by Gasteiger charge is -2.18. The van der Waals surface area contributed by atoms with Crippen LogP contribution in [0.5, 0.6) is 0 Å². The summed E-state index contributed by atoms with van der Waals surface area (Å²) in [5.41, 5.74) is 4.68. The average molecular weight is 353 g/mol. The Bertz CT molecular complexity index is 772. The van der Waals surface area contributed by atoms with Crippen LogP contribution in [0.1, 0.15) is 37.3 Å². The third kappa shape index (κ3) is 3.72. The molecule has 0 spiro atoms. The molecular formula is C21H23NO4. The van der Waals surface area contributed by atoms with Crippen molar-refractivity contribution in [2.24, 2.45) is 5.92 Å². The highest BCUT2D eigenvalue weighted by Crippen LogP contribution is 2.44. The van der Waals surface area contributed by atoms with Gasteiger partial charge in [-0.3, -0.25) is 4.79 Å². The van der Waals surface area contributed by atoms with E-state index < -0.39 is 18.0 Å². The Morgan fingerprint density at radius 3 is 2.12 bits per heavy atom. The van der Waals surface area contributed by atoms with E-state index in [1.54, 1.807) is 13.8 Å². The Balaban J connectivity index is 1.63. The number of carbonyl (C=O) groups is 2. The van der Waals surface area contributed by atoms with Crippen LogP contribution in [0.2, 0.25) is 0 Å². The van der Waals surface area contributed by atoms with Crippen LogP contribution in [0.3, 0.4) is 0 Å². The van der Waals surface area contributed by atoms with Gasteiger partial charge < -0.3 is 15.2 Å². The first-order valence-corrected chi connectivity index (χ1v) is 8.81. The maximum atomic E-state index is 12.1. The maximum absolute atomic E-state index is 12.1. The van der Waals surface area contributed by atoms with E-state index in [1.165, 1.54) is 11.1 Å². The molecule has 0 radical (unpaired) electrons. The topological polar surface area (TPSA) is 75.6 Å². The molecule has 2 aromatic rings. The smallest absolute Gasteiger partial charge is 0.407 e. The Labute approximate surface area is 153 Å². The lowest BCUT2D eigenvalue weighted by molar-refractivity contribution is -0.141. The zero-order valence-electron chi connectivity index (χ0n) is 14.9. The molecule has 0 aliphatic heterocycles. The first kappa shape index (κ1) is 18.0. The third-order valence-corrected chi connectivity index (χ3v) is 4.84. The number of hydrogen-bond acceptors (Lipinski definition) is 3. The Morgan fingerprint density at radius 1 is 1.04 bits per heavy atom. The number of aliphatic carboxylic acids is 1. The molecular weight excluding hydrogens is 330 g/mol. The van der Waals surface area contributed by atoms with Crippen molar-refractivity contribution in [1.29, 1.82) is 0 Å². The van der Waals surface area contributed by atoms with Gasteiger partial charge >= 0.3 is 12.1 Å². The van der Waals surface area contributed by atoms with Gasteiger partial charge in [0.15, 0.2) is 0 Å². The summed E-state index contributed by atoms with van der Waals surface area (Å²) >= 11 is 0. The van der Waals surface area contributed by atoms with Crippen LogP contribution >= 0.6 is 0 Å². The van der Waals surface area contributed by atoms with E-state index in [-0.39, 0.29) is 18.6 Å². The summed E-state index contributed by atoms with van der Waals surface area (Å²) in [4.78, 5) is 23.0. The van der Waals surface area contributed by atoms with Crippen LogP contribution in [0, 0.1) is 5.92 Å². The van der Waals surface area contributed by atoms with Gasteiger partial charge in [-0.2, -0.15) is 0 Å². The minimum atomic E-state index is -0.869. The van der Waals surface area contributed by atoms with Crippen LogP contribution in [0.15, 0.2) is 48.5 Å². The van der Waals surface area contributed by atoms with E-state index >= 15 is 0 Å². The first-order chi connectivity index (χ1) is 12.5. The van der Waals surface area contributed by atoms with Crippen molar-refractivity contribution in [3.63, 3.8) is 0 Å². The van der Waals surface area contributed by atoms with Gasteiger partial charge in [0.05, 0.1) is 5.92 Å². The van der Waals surface area contributed by atoms with Crippen molar-refractivity contribution in [3.05, 3.63) is 59.7 Å². The Hall–Kier alpha value is -2.82. The number of nitrogens with one attached hydrogen (secondary N) is 1. The SMILES string of the molecule is CC(C[C@@H](C)C(=O)O)NC(=O)OCC1c2ccccc2-c2ccccc21. The molecule has 5 nitrogen and oxygen atoms in total. The van der Waals surface area contributed by atoms with Crippen LogP contribution in [0.25, 0.3) is 11.1 Å². The quantitative estimate of drug-likeness (QED) is 0.822. The molecule has 0 heterocycles. The number of carbonyl (C=O) groups excluding carboxylic acids is 1. The molecule has 0 saturated heterocycles. The number of benzene rings is 2. The highest BCUT2D eigenvalue weighted by atomic mass is 16.5. The van der Waals surface area contributed by atoms with E-state index in [1.807, 2.05) is 24.3 Å². The Morgan fingerprint density at radius 2 is 1.58 bits per heavy atom. The summed E-state index contributed by atoms with van der Waals surface area (Å²) in [7, 11) is 0. The van der Waals surface area contributed by atoms with Gasteiger partial charge in [-0.05, 0) is 35.6 Å². The van der Waals surface area contributed by atoms with E-state index in [0.717, 1.165) is 11.1 Å². The van der Waals surface area contributed by atoms with Crippen LogP contribution < -0.4 is 5.32 Å². The molecule has 0 saturated carbocycles. The van der Waals surface area contributed by atoms with Crippen molar-refractivity contribution in [2.45, 2.75) is 32.2 Å². The second-order valence-electron chi connectivity index (χ2n) is 6.85. The molecule has 0 fully saturated rings. The number of rotatable bonds is 6. The van der Waals surface area contributed by atoms with Crippen molar-refractivity contribution < 1.29 is 19.4 Å². The number of amides is 1. The number of carboxylic acids is 1. The molecule has 1 unspecified atom stereocenters. The molecule has 1 amide bonds. The normalized spacial score (nSPS) is 14.8. The molecule has 1 aliphatic rings. The zero-order valence-corrected chi connectivity index (χ0v) is 14.9. The third-order valence-electron chi connectivity index (χ3n) is 4.84. The number of alkyl carbamates (subject to hydrolysis) is 1. The van der Waals surface area contributed by atoms with Gasteiger partial charge in [0.1, 0.15) is 6.61 Å². The summed E-state index contributed by atoms with van der Waals surface area (Å²) in [6.07, 6.45) is -0.156. The first-order valence-electron chi connectivity index (χ1n) is 8.81. The molecule has 0 aromatic heterocycles.